The minimum Gasteiger partial charge on any atom is -0.494 e. The van der Waals surface area contributed by atoms with E-state index in [-0.39, 0.29) is 29.8 Å². The first-order valence-corrected chi connectivity index (χ1v) is 15.7. The number of carboxylic acid groups (broad SMARTS) is 1. The predicted octanol–water partition coefficient (Wildman–Crippen LogP) is 6.14. The molecule has 2 N–H and O–H groups in total. The number of ether oxygens (including phenoxy) is 2. The van der Waals surface area contributed by atoms with Crippen LogP contribution in [0.3, 0.4) is 0 Å². The molecule has 2 aliphatic carbocycles. The van der Waals surface area contributed by atoms with Crippen molar-refractivity contribution in [1.29, 1.82) is 0 Å². The van der Waals surface area contributed by atoms with Crippen LogP contribution in [0, 0.1) is 0 Å². The lowest BCUT2D eigenvalue weighted by molar-refractivity contribution is 0.0224. The molecule has 2 aromatic heterocycles. The van der Waals surface area contributed by atoms with E-state index >= 15 is 0 Å². The lowest BCUT2D eigenvalue weighted by Gasteiger charge is -2.31. The number of aromatic carboxylic acids is 1. The van der Waals surface area contributed by atoms with Gasteiger partial charge in [0, 0.05) is 52.7 Å². The molecule has 3 heterocycles. The van der Waals surface area contributed by atoms with Crippen LogP contribution in [-0.2, 0) is 11.2 Å². The largest absolute Gasteiger partial charge is 0.494 e. The number of pyridine rings is 1. The zero-order valence-corrected chi connectivity index (χ0v) is 25.5. The van der Waals surface area contributed by atoms with Gasteiger partial charge in [-0.1, -0.05) is 0 Å². The number of rotatable bonds is 7. The highest BCUT2D eigenvalue weighted by molar-refractivity contribution is 7.15. The van der Waals surface area contributed by atoms with Crippen molar-refractivity contribution in [2.75, 3.05) is 20.2 Å². The van der Waals surface area contributed by atoms with Gasteiger partial charge in [0.1, 0.15) is 11.2 Å². The van der Waals surface area contributed by atoms with Crippen LogP contribution in [0.25, 0.3) is 21.3 Å². The molecule has 10 heteroatoms. The van der Waals surface area contributed by atoms with E-state index in [0.717, 1.165) is 61.9 Å². The monoisotopic (exact) mass is 593 g/mol. The molecule has 3 aliphatic rings. The summed E-state index contributed by atoms with van der Waals surface area (Å²) in [5.74, 6) is -0.605. The average molecular weight is 594 g/mol. The molecule has 1 aromatic carbocycles. The zero-order valence-electron chi connectivity index (χ0n) is 24.7. The molecule has 42 heavy (non-hydrogen) atoms. The molecule has 0 radical (unpaired) electrons. The number of carbonyl (C=O) groups is 2. The van der Waals surface area contributed by atoms with Gasteiger partial charge in [0.15, 0.2) is 5.75 Å². The maximum Gasteiger partial charge on any atom is 0.410 e. The Morgan fingerprint density at radius 3 is 2.62 bits per heavy atom. The van der Waals surface area contributed by atoms with Gasteiger partial charge in [-0.3, -0.25) is 4.79 Å². The predicted molar refractivity (Wildman–Crippen MR) is 163 cm³/mol. The van der Waals surface area contributed by atoms with E-state index in [1.807, 2.05) is 36.3 Å². The molecule has 2 fully saturated rings. The van der Waals surface area contributed by atoms with Crippen molar-refractivity contribution in [3.05, 3.63) is 50.6 Å². The number of hydrogen-bond donors (Lipinski definition) is 2. The highest BCUT2D eigenvalue weighted by Crippen LogP contribution is 2.46. The standard InChI is InChI=1S/C32H39N3O6S/c1-32(2,3)41-31(39)34-14-6-7-19(34)16-33-24-8-5-9-25-22(24)15-26(42-25)20-12-13-21-27(29(20)40-4)35(18-10-11-18)17-23(28(21)36)30(37)38/h12-13,15,17-19,24,33H,5-11,14,16H2,1-4H3,(H,37,38). The molecule has 224 valence electrons. The highest BCUT2D eigenvalue weighted by atomic mass is 32.1. The van der Waals surface area contributed by atoms with Crippen LogP contribution in [0.4, 0.5) is 4.79 Å². The molecule has 1 saturated heterocycles. The van der Waals surface area contributed by atoms with Gasteiger partial charge in [-0.15, -0.1) is 11.3 Å². The second kappa shape index (κ2) is 11.0. The number of carbonyl (C=O) groups excluding carboxylic acids is 1. The smallest absolute Gasteiger partial charge is 0.410 e. The Morgan fingerprint density at radius 1 is 1.14 bits per heavy atom. The number of thiophene rings is 1. The summed E-state index contributed by atoms with van der Waals surface area (Å²) in [5.41, 5.74) is 1.65. The number of hydrogen-bond acceptors (Lipinski definition) is 7. The van der Waals surface area contributed by atoms with Gasteiger partial charge in [0.2, 0.25) is 5.43 Å². The van der Waals surface area contributed by atoms with Gasteiger partial charge < -0.3 is 29.4 Å². The number of aryl methyl sites for hydroxylation is 1. The zero-order chi connectivity index (χ0) is 29.8. The van der Waals surface area contributed by atoms with Crippen LogP contribution in [0.2, 0.25) is 0 Å². The first-order chi connectivity index (χ1) is 20.1. The van der Waals surface area contributed by atoms with Crippen molar-refractivity contribution < 1.29 is 24.2 Å². The normalized spacial score (nSPS) is 20.5. The highest BCUT2D eigenvalue weighted by Gasteiger charge is 2.34. The summed E-state index contributed by atoms with van der Waals surface area (Å²) >= 11 is 1.76. The fraction of sp³-hybridized carbons (Fsp3) is 0.531. The molecule has 3 aromatic rings. The van der Waals surface area contributed by atoms with Crippen molar-refractivity contribution >= 4 is 34.3 Å². The van der Waals surface area contributed by atoms with Crippen LogP contribution < -0.4 is 15.5 Å². The fourth-order valence-electron chi connectivity index (χ4n) is 6.40. The molecule has 0 spiro atoms. The summed E-state index contributed by atoms with van der Waals surface area (Å²) in [6.45, 7) is 7.13. The lowest BCUT2D eigenvalue weighted by Crippen LogP contribution is -2.44. The van der Waals surface area contributed by atoms with Crippen LogP contribution in [0.5, 0.6) is 5.75 Å². The molecule has 1 amide bonds. The number of likely N-dealkylation sites (tertiary alicyclic amines) is 1. The van der Waals surface area contributed by atoms with E-state index < -0.39 is 17.0 Å². The van der Waals surface area contributed by atoms with Crippen LogP contribution in [-0.4, -0.2) is 58.5 Å². The minimum atomic E-state index is -1.21. The summed E-state index contributed by atoms with van der Waals surface area (Å²) in [6, 6.07) is 6.35. The van der Waals surface area contributed by atoms with Crippen molar-refractivity contribution in [3.8, 4) is 16.2 Å². The van der Waals surface area contributed by atoms with E-state index in [9.17, 15) is 19.5 Å². The van der Waals surface area contributed by atoms with Crippen molar-refractivity contribution in [3.63, 3.8) is 0 Å². The number of fused-ring (bicyclic) bond motifs is 2. The topological polar surface area (TPSA) is 110 Å². The number of methoxy groups -OCH3 is 1. The number of carboxylic acids is 1. The van der Waals surface area contributed by atoms with Crippen LogP contribution >= 0.6 is 11.3 Å². The van der Waals surface area contributed by atoms with Gasteiger partial charge >= 0.3 is 12.1 Å². The fourth-order valence-corrected chi connectivity index (χ4v) is 7.69. The van der Waals surface area contributed by atoms with E-state index in [1.165, 1.54) is 16.6 Å². The summed E-state index contributed by atoms with van der Waals surface area (Å²) in [5, 5.41) is 13.8. The number of amides is 1. The summed E-state index contributed by atoms with van der Waals surface area (Å²) in [7, 11) is 1.61. The molecular formula is C32H39N3O6S. The van der Waals surface area contributed by atoms with Gasteiger partial charge in [0.05, 0.1) is 18.0 Å². The van der Waals surface area contributed by atoms with Crippen molar-refractivity contribution in [1.82, 2.24) is 14.8 Å². The maximum atomic E-state index is 13.1. The molecule has 2 unspecified atom stereocenters. The summed E-state index contributed by atoms with van der Waals surface area (Å²) in [6.07, 6.45) is 8.19. The Bertz CT molecular complexity index is 1600. The third-order valence-corrected chi connectivity index (χ3v) is 9.75. The number of benzene rings is 1. The first-order valence-electron chi connectivity index (χ1n) is 14.9. The first kappa shape index (κ1) is 28.7. The third-order valence-electron chi connectivity index (χ3n) is 8.51. The average Bonchev–Trinajstić information content (AvgIpc) is 3.50. The van der Waals surface area contributed by atoms with E-state index in [4.69, 9.17) is 9.47 Å². The third kappa shape index (κ3) is 5.42. The van der Waals surface area contributed by atoms with Crippen LogP contribution in [0.15, 0.2) is 29.2 Å². The van der Waals surface area contributed by atoms with Crippen molar-refractivity contribution in [2.45, 2.75) is 89.4 Å². The SMILES string of the molecule is COc1c(-c2cc3c(s2)CCCC3NCC2CCCN2C(=O)OC(C)(C)C)ccc2c(=O)c(C(=O)O)cn(C3CC3)c12. The minimum absolute atomic E-state index is 0.110. The molecule has 1 aliphatic heterocycles. The Hall–Kier alpha value is -3.37. The molecule has 0 bridgehead atoms. The second-order valence-electron chi connectivity index (χ2n) is 12.7. The van der Waals surface area contributed by atoms with E-state index in [2.05, 4.69) is 11.4 Å². The number of nitrogens with one attached hydrogen (secondary N) is 1. The maximum absolute atomic E-state index is 13.1. The molecule has 6 rings (SSSR count). The Balaban J connectivity index is 1.29. The Kier molecular flexibility index (Phi) is 7.55. The summed E-state index contributed by atoms with van der Waals surface area (Å²) < 4.78 is 13.5. The van der Waals surface area contributed by atoms with Gasteiger partial charge in [-0.05, 0) is 89.5 Å². The molecule has 9 nitrogen and oxygen atoms in total. The van der Waals surface area contributed by atoms with Gasteiger partial charge in [-0.2, -0.15) is 0 Å². The second-order valence-corrected chi connectivity index (χ2v) is 13.8. The van der Waals surface area contributed by atoms with E-state index in [0.29, 0.717) is 23.2 Å². The van der Waals surface area contributed by atoms with Gasteiger partial charge in [-0.25, -0.2) is 9.59 Å². The molecule has 2 atom stereocenters. The number of aromatic nitrogens is 1. The van der Waals surface area contributed by atoms with Gasteiger partial charge in [0.25, 0.3) is 0 Å². The van der Waals surface area contributed by atoms with Crippen molar-refractivity contribution in [2.24, 2.45) is 0 Å². The molecular weight excluding hydrogens is 554 g/mol. The Morgan fingerprint density at radius 2 is 1.93 bits per heavy atom. The number of nitrogens with zero attached hydrogens (tertiary/aromatic N) is 2. The van der Waals surface area contributed by atoms with Crippen LogP contribution in [0.1, 0.15) is 92.2 Å². The quantitative estimate of drug-likeness (QED) is 0.339. The molecule has 1 saturated carbocycles. The van der Waals surface area contributed by atoms with E-state index in [1.54, 1.807) is 24.5 Å². The summed E-state index contributed by atoms with van der Waals surface area (Å²) in [4.78, 5) is 42.0. The lowest BCUT2D eigenvalue weighted by atomic mass is 9.93. The Labute approximate surface area is 249 Å².